The van der Waals surface area contributed by atoms with Crippen molar-refractivity contribution in [2.24, 2.45) is 0 Å². The minimum absolute atomic E-state index is 0.0852. The Morgan fingerprint density at radius 1 is 0.356 bits per heavy atom. The summed E-state index contributed by atoms with van der Waals surface area (Å²) in [5.74, 6) is -0.924. The van der Waals surface area contributed by atoms with Crippen molar-refractivity contribution in [1.82, 2.24) is 0 Å². The minimum Gasteiger partial charge on any atom is -0.462 e. The highest BCUT2D eigenvalue weighted by Gasteiger charge is 2.19. The molecule has 0 fully saturated rings. The molecular weight excluding hydrogens is 733 g/mol. The van der Waals surface area contributed by atoms with Gasteiger partial charge in [0.05, 0.1) is 0 Å². The van der Waals surface area contributed by atoms with E-state index in [0.29, 0.717) is 19.3 Å². The van der Waals surface area contributed by atoms with Gasteiger partial charge in [-0.15, -0.1) is 0 Å². The third-order valence-corrected chi connectivity index (χ3v) is 10.5. The Hall–Kier alpha value is -2.89. The number of carbonyl (C=O) groups excluding carboxylic acids is 3. The molecule has 340 valence electrons. The average Bonchev–Trinajstić information content (AvgIpc) is 3.23. The Bertz CT molecular complexity index is 1090. The number of unbranched alkanes of at least 4 members (excludes halogenated alkanes) is 23. The van der Waals surface area contributed by atoms with Crippen molar-refractivity contribution < 1.29 is 28.6 Å². The molecule has 0 saturated heterocycles. The molecule has 0 bridgehead atoms. The molecule has 0 aliphatic heterocycles. The predicted molar refractivity (Wildman–Crippen MR) is 251 cm³/mol. The van der Waals surface area contributed by atoms with Crippen molar-refractivity contribution in [3.05, 3.63) is 60.8 Å². The van der Waals surface area contributed by atoms with Gasteiger partial charge in [-0.1, -0.05) is 197 Å². The Morgan fingerprint density at radius 2 is 0.661 bits per heavy atom. The monoisotopic (exact) mass is 825 g/mol. The highest BCUT2D eigenvalue weighted by atomic mass is 16.6. The number of carbonyl (C=O) groups is 3. The Kier molecular flexibility index (Phi) is 45.4. The van der Waals surface area contributed by atoms with Crippen LogP contribution in [0.1, 0.15) is 239 Å². The van der Waals surface area contributed by atoms with E-state index in [1.807, 2.05) is 0 Å². The molecule has 0 aliphatic carbocycles. The molecule has 0 aromatic heterocycles. The average molecular weight is 825 g/mol. The van der Waals surface area contributed by atoms with E-state index in [2.05, 4.69) is 81.5 Å². The number of hydrogen-bond donors (Lipinski definition) is 0. The molecule has 6 nitrogen and oxygen atoms in total. The topological polar surface area (TPSA) is 78.9 Å². The van der Waals surface area contributed by atoms with Crippen LogP contribution in [-0.4, -0.2) is 37.2 Å². The van der Waals surface area contributed by atoms with Crippen LogP contribution >= 0.6 is 0 Å². The van der Waals surface area contributed by atoms with Gasteiger partial charge in [-0.05, 0) is 83.5 Å². The first-order valence-electron chi connectivity index (χ1n) is 24.8. The van der Waals surface area contributed by atoms with Crippen LogP contribution in [0.5, 0.6) is 0 Å². The van der Waals surface area contributed by atoms with Gasteiger partial charge in [0, 0.05) is 19.3 Å². The third kappa shape index (κ3) is 46.0. The van der Waals surface area contributed by atoms with E-state index >= 15 is 0 Å². The summed E-state index contributed by atoms with van der Waals surface area (Å²) >= 11 is 0. The summed E-state index contributed by atoms with van der Waals surface area (Å²) in [5.41, 5.74) is 0. The van der Waals surface area contributed by atoms with E-state index in [4.69, 9.17) is 14.2 Å². The molecular formula is C53H92O6. The lowest BCUT2D eigenvalue weighted by atomic mass is 10.1. The molecule has 0 aromatic carbocycles. The van der Waals surface area contributed by atoms with Crippen LogP contribution < -0.4 is 0 Å². The maximum absolute atomic E-state index is 12.7. The second kappa shape index (κ2) is 47.8. The van der Waals surface area contributed by atoms with Crippen LogP contribution in [-0.2, 0) is 28.6 Å². The van der Waals surface area contributed by atoms with Crippen LogP contribution in [0.25, 0.3) is 0 Å². The van der Waals surface area contributed by atoms with E-state index in [1.54, 1.807) is 0 Å². The zero-order valence-corrected chi connectivity index (χ0v) is 38.8. The van der Waals surface area contributed by atoms with Gasteiger partial charge < -0.3 is 14.2 Å². The van der Waals surface area contributed by atoms with E-state index in [0.717, 1.165) is 103 Å². The zero-order valence-electron chi connectivity index (χ0n) is 38.8. The summed E-state index contributed by atoms with van der Waals surface area (Å²) in [5, 5.41) is 0. The zero-order chi connectivity index (χ0) is 43.0. The van der Waals surface area contributed by atoms with E-state index in [9.17, 15) is 14.4 Å². The lowest BCUT2D eigenvalue weighted by Crippen LogP contribution is -2.30. The van der Waals surface area contributed by atoms with Crippen molar-refractivity contribution in [2.75, 3.05) is 13.2 Å². The minimum atomic E-state index is -0.783. The van der Waals surface area contributed by atoms with Gasteiger partial charge in [0.15, 0.2) is 6.10 Å². The number of rotatable bonds is 44. The number of hydrogen-bond acceptors (Lipinski definition) is 6. The van der Waals surface area contributed by atoms with Crippen molar-refractivity contribution in [2.45, 2.75) is 245 Å². The fraction of sp³-hybridized carbons (Fsp3) is 0.755. The first kappa shape index (κ1) is 56.1. The quantitative estimate of drug-likeness (QED) is 0.0263. The van der Waals surface area contributed by atoms with Gasteiger partial charge in [-0.2, -0.15) is 0 Å². The van der Waals surface area contributed by atoms with Crippen LogP contribution in [0, 0.1) is 0 Å². The molecule has 0 aromatic rings. The molecule has 1 atom stereocenters. The number of ether oxygens (including phenoxy) is 3. The summed E-state index contributed by atoms with van der Waals surface area (Å²) in [6, 6.07) is 0. The van der Waals surface area contributed by atoms with Gasteiger partial charge >= 0.3 is 17.9 Å². The molecule has 6 heteroatoms. The number of allylic oxidation sites excluding steroid dienone is 10. The predicted octanol–water partition coefficient (Wildman–Crippen LogP) is 16.1. The molecule has 0 aliphatic rings. The highest BCUT2D eigenvalue weighted by Crippen LogP contribution is 2.14. The maximum Gasteiger partial charge on any atom is 0.306 e. The van der Waals surface area contributed by atoms with Crippen LogP contribution in [0.2, 0.25) is 0 Å². The van der Waals surface area contributed by atoms with Gasteiger partial charge in [-0.25, -0.2) is 0 Å². The van der Waals surface area contributed by atoms with Gasteiger partial charge in [0.25, 0.3) is 0 Å². The Morgan fingerprint density at radius 3 is 1.05 bits per heavy atom. The normalized spacial score (nSPS) is 12.5. The lowest BCUT2D eigenvalue weighted by Gasteiger charge is -2.18. The third-order valence-electron chi connectivity index (χ3n) is 10.5. The van der Waals surface area contributed by atoms with Gasteiger partial charge in [0.1, 0.15) is 13.2 Å². The molecule has 0 spiro atoms. The molecule has 0 amide bonds. The molecule has 0 saturated carbocycles. The fourth-order valence-electron chi connectivity index (χ4n) is 6.78. The molecule has 0 rings (SSSR count). The molecule has 0 N–H and O–H groups in total. The molecule has 1 unspecified atom stereocenters. The highest BCUT2D eigenvalue weighted by molar-refractivity contribution is 5.71. The molecule has 0 heterocycles. The van der Waals surface area contributed by atoms with Crippen molar-refractivity contribution in [3.8, 4) is 0 Å². The van der Waals surface area contributed by atoms with Gasteiger partial charge in [-0.3, -0.25) is 14.4 Å². The summed E-state index contributed by atoms with van der Waals surface area (Å²) in [6.07, 6.45) is 58.1. The van der Waals surface area contributed by atoms with Crippen LogP contribution in [0.15, 0.2) is 60.8 Å². The summed E-state index contributed by atoms with van der Waals surface area (Å²) in [7, 11) is 0. The molecule has 0 radical (unpaired) electrons. The first-order valence-corrected chi connectivity index (χ1v) is 24.8. The summed E-state index contributed by atoms with van der Waals surface area (Å²) in [4.78, 5) is 37.6. The lowest BCUT2D eigenvalue weighted by molar-refractivity contribution is -0.167. The summed E-state index contributed by atoms with van der Waals surface area (Å²) < 4.78 is 16.6. The van der Waals surface area contributed by atoms with Crippen molar-refractivity contribution >= 4 is 17.9 Å². The largest absolute Gasteiger partial charge is 0.462 e. The van der Waals surface area contributed by atoms with E-state index < -0.39 is 6.10 Å². The first-order chi connectivity index (χ1) is 29.0. The Balaban J connectivity index is 4.21. The standard InChI is InChI=1S/C53H92O6/c1-4-7-10-13-15-17-19-21-23-25-26-28-29-31-33-35-37-40-43-46-52(55)58-49-50(48-57-51(54)45-42-39-12-9-6-3)59-53(56)47-44-41-38-36-34-32-30-27-24-22-20-18-16-14-11-8-5-2/h8,11,16,18,21-24,30,32,50H,4-7,9-10,12-15,17,19-20,25-29,31,33-49H2,1-3H3/b11-8-,18-16-,23-21-,24-22-,32-30-. The van der Waals surface area contributed by atoms with Crippen molar-refractivity contribution in [1.29, 1.82) is 0 Å². The fourth-order valence-corrected chi connectivity index (χ4v) is 6.78. The second-order valence-corrected chi connectivity index (χ2v) is 16.3. The van der Waals surface area contributed by atoms with Crippen LogP contribution in [0.4, 0.5) is 0 Å². The molecule has 59 heavy (non-hydrogen) atoms. The number of esters is 3. The SMILES string of the molecule is CC/C=C\C/C=C\C/C=C\C/C=C\CCCCCCC(=O)OC(COC(=O)CCCCCCC)COC(=O)CCCCCCCCCCC/C=C\CCCCCCCC. The summed E-state index contributed by atoms with van der Waals surface area (Å²) in [6.45, 7) is 6.41. The van der Waals surface area contributed by atoms with Crippen molar-refractivity contribution in [3.63, 3.8) is 0 Å². The van der Waals surface area contributed by atoms with Crippen LogP contribution in [0.3, 0.4) is 0 Å². The second-order valence-electron chi connectivity index (χ2n) is 16.3. The maximum atomic E-state index is 12.7. The smallest absolute Gasteiger partial charge is 0.306 e. The van der Waals surface area contributed by atoms with E-state index in [-0.39, 0.29) is 31.1 Å². The van der Waals surface area contributed by atoms with E-state index in [1.165, 1.54) is 96.3 Å². The van der Waals surface area contributed by atoms with Gasteiger partial charge in [0.2, 0.25) is 0 Å². The Labute approximate surface area is 364 Å².